The lowest BCUT2D eigenvalue weighted by Crippen LogP contribution is -2.27. The highest BCUT2D eigenvalue weighted by molar-refractivity contribution is 5.38. The highest BCUT2D eigenvalue weighted by atomic mass is 15.0. The van der Waals surface area contributed by atoms with E-state index >= 15 is 0 Å². The van der Waals surface area contributed by atoms with Gasteiger partial charge in [0.2, 0.25) is 0 Å². The predicted molar refractivity (Wildman–Crippen MR) is 92.6 cm³/mol. The first kappa shape index (κ1) is 15.9. The number of piperidine rings is 1. The molecule has 0 radical (unpaired) electrons. The number of rotatable bonds is 5. The minimum absolute atomic E-state index is 0.313. The molecule has 0 amide bonds. The van der Waals surface area contributed by atoms with Crippen molar-refractivity contribution >= 4 is 5.82 Å². The van der Waals surface area contributed by atoms with Gasteiger partial charge in [0.05, 0.1) is 0 Å². The van der Waals surface area contributed by atoms with Crippen LogP contribution in [-0.4, -0.2) is 34.1 Å². The molecule has 2 N–H and O–H groups in total. The van der Waals surface area contributed by atoms with Gasteiger partial charge in [-0.1, -0.05) is 0 Å². The Bertz CT molecular complexity index is 623. The van der Waals surface area contributed by atoms with Crippen LogP contribution in [0.25, 0.3) is 0 Å². The first-order valence-corrected chi connectivity index (χ1v) is 8.42. The fraction of sp³-hybridized carbons (Fsp3) is 0.500. The van der Waals surface area contributed by atoms with E-state index in [0.717, 1.165) is 44.0 Å². The summed E-state index contributed by atoms with van der Waals surface area (Å²) in [7, 11) is 0. The van der Waals surface area contributed by atoms with E-state index in [1.165, 1.54) is 11.3 Å². The minimum atomic E-state index is 0.313. The van der Waals surface area contributed by atoms with Crippen LogP contribution < -0.4 is 10.6 Å². The molecule has 1 aliphatic rings. The van der Waals surface area contributed by atoms with Crippen LogP contribution in [0.15, 0.2) is 30.6 Å². The second-order valence-electron chi connectivity index (χ2n) is 6.35. The number of nitrogens with one attached hydrogen (secondary N) is 2. The smallest absolute Gasteiger partial charge is 0.130 e. The molecule has 0 aliphatic carbocycles. The molecule has 122 valence electrons. The predicted octanol–water partition coefficient (Wildman–Crippen LogP) is 2.69. The maximum atomic E-state index is 4.66. The van der Waals surface area contributed by atoms with Gasteiger partial charge in [0.25, 0.3) is 0 Å². The average Bonchev–Trinajstić information content (AvgIpc) is 2.56. The van der Waals surface area contributed by atoms with Crippen molar-refractivity contribution in [2.24, 2.45) is 0 Å². The third kappa shape index (κ3) is 4.48. The monoisotopic (exact) mass is 311 g/mol. The number of hydrogen-bond donors (Lipinski definition) is 2. The lowest BCUT2D eigenvalue weighted by Gasteiger charge is -2.23. The first-order chi connectivity index (χ1) is 11.2. The van der Waals surface area contributed by atoms with Crippen LogP contribution in [-0.2, 0) is 6.42 Å². The summed E-state index contributed by atoms with van der Waals surface area (Å²) < 4.78 is 0. The average molecular weight is 311 g/mol. The highest BCUT2D eigenvalue weighted by Gasteiger charge is 2.18. The molecule has 0 saturated carbocycles. The Balaban J connectivity index is 1.68. The molecule has 2 aromatic heterocycles. The van der Waals surface area contributed by atoms with E-state index in [9.17, 15) is 0 Å². The fourth-order valence-corrected chi connectivity index (χ4v) is 3.17. The SMILES string of the molecule is Cc1nc(N[C@@H](C)Cc2ccncc2)cc(C2CCNCC2)n1. The summed E-state index contributed by atoms with van der Waals surface area (Å²) in [6.45, 7) is 6.31. The van der Waals surface area contributed by atoms with Crippen molar-refractivity contribution in [2.75, 3.05) is 18.4 Å². The van der Waals surface area contributed by atoms with Crippen LogP contribution in [0.4, 0.5) is 5.82 Å². The van der Waals surface area contributed by atoms with E-state index < -0.39 is 0 Å². The van der Waals surface area contributed by atoms with E-state index in [4.69, 9.17) is 0 Å². The van der Waals surface area contributed by atoms with Gasteiger partial charge < -0.3 is 10.6 Å². The Morgan fingerprint density at radius 3 is 2.70 bits per heavy atom. The molecule has 1 fully saturated rings. The first-order valence-electron chi connectivity index (χ1n) is 8.42. The van der Waals surface area contributed by atoms with Gasteiger partial charge in [-0.25, -0.2) is 9.97 Å². The summed E-state index contributed by atoms with van der Waals surface area (Å²) in [6, 6.07) is 6.56. The van der Waals surface area contributed by atoms with Crippen molar-refractivity contribution < 1.29 is 0 Å². The summed E-state index contributed by atoms with van der Waals surface area (Å²) in [5.74, 6) is 2.33. The number of nitrogens with zero attached hydrogens (tertiary/aromatic N) is 3. The molecule has 0 unspecified atom stereocenters. The van der Waals surface area contributed by atoms with Gasteiger partial charge in [-0.05, 0) is 63.9 Å². The summed E-state index contributed by atoms with van der Waals surface area (Å²) in [5, 5.41) is 6.93. The highest BCUT2D eigenvalue weighted by Crippen LogP contribution is 2.25. The second-order valence-corrected chi connectivity index (χ2v) is 6.35. The van der Waals surface area contributed by atoms with Crippen LogP contribution in [0.2, 0.25) is 0 Å². The molecule has 0 bridgehead atoms. The Hall–Kier alpha value is -2.01. The molecule has 1 atom stereocenters. The van der Waals surface area contributed by atoms with E-state index in [1.54, 1.807) is 0 Å². The molecule has 5 nitrogen and oxygen atoms in total. The molecule has 1 aliphatic heterocycles. The quantitative estimate of drug-likeness (QED) is 0.889. The van der Waals surface area contributed by atoms with Crippen LogP contribution in [0.5, 0.6) is 0 Å². The van der Waals surface area contributed by atoms with Crippen LogP contribution >= 0.6 is 0 Å². The van der Waals surface area contributed by atoms with Gasteiger partial charge in [-0.3, -0.25) is 4.98 Å². The van der Waals surface area contributed by atoms with Crippen LogP contribution in [0.3, 0.4) is 0 Å². The third-order valence-corrected chi connectivity index (χ3v) is 4.30. The third-order valence-electron chi connectivity index (χ3n) is 4.30. The van der Waals surface area contributed by atoms with Crippen molar-refractivity contribution in [2.45, 2.75) is 45.1 Å². The Labute approximate surface area is 138 Å². The van der Waals surface area contributed by atoms with Crippen LogP contribution in [0, 0.1) is 6.92 Å². The normalized spacial score (nSPS) is 17.0. The summed E-state index contributed by atoms with van der Waals surface area (Å²) in [4.78, 5) is 13.3. The van der Waals surface area contributed by atoms with E-state index in [2.05, 4.69) is 50.7 Å². The van der Waals surface area contributed by atoms with Crippen molar-refractivity contribution in [1.82, 2.24) is 20.3 Å². The van der Waals surface area contributed by atoms with Gasteiger partial charge in [0.1, 0.15) is 11.6 Å². The zero-order valence-corrected chi connectivity index (χ0v) is 13.9. The number of hydrogen-bond acceptors (Lipinski definition) is 5. The molecule has 1 saturated heterocycles. The van der Waals surface area contributed by atoms with Crippen molar-refractivity contribution in [1.29, 1.82) is 0 Å². The Morgan fingerprint density at radius 2 is 1.96 bits per heavy atom. The molecular formula is C18H25N5. The van der Waals surface area contributed by atoms with E-state index in [-0.39, 0.29) is 0 Å². The maximum absolute atomic E-state index is 4.66. The van der Waals surface area contributed by atoms with Crippen LogP contribution in [0.1, 0.15) is 42.8 Å². The maximum Gasteiger partial charge on any atom is 0.130 e. The van der Waals surface area contributed by atoms with Crippen molar-refractivity contribution in [3.05, 3.63) is 47.7 Å². The fourth-order valence-electron chi connectivity index (χ4n) is 3.17. The molecule has 2 aromatic rings. The van der Waals surface area contributed by atoms with Gasteiger partial charge in [-0.2, -0.15) is 0 Å². The number of pyridine rings is 1. The van der Waals surface area contributed by atoms with Crippen molar-refractivity contribution in [3.8, 4) is 0 Å². The van der Waals surface area contributed by atoms with E-state index in [0.29, 0.717) is 12.0 Å². The molecule has 5 heteroatoms. The van der Waals surface area contributed by atoms with Crippen molar-refractivity contribution in [3.63, 3.8) is 0 Å². The largest absolute Gasteiger partial charge is 0.367 e. The Kier molecular flexibility index (Phi) is 5.18. The molecule has 3 heterocycles. The zero-order chi connectivity index (χ0) is 16.1. The second kappa shape index (κ2) is 7.51. The zero-order valence-electron chi connectivity index (χ0n) is 13.9. The van der Waals surface area contributed by atoms with E-state index in [1.807, 2.05) is 19.3 Å². The van der Waals surface area contributed by atoms with Gasteiger partial charge >= 0.3 is 0 Å². The summed E-state index contributed by atoms with van der Waals surface area (Å²) in [6.07, 6.45) is 6.94. The summed E-state index contributed by atoms with van der Waals surface area (Å²) in [5.41, 5.74) is 2.46. The molecule has 0 aromatic carbocycles. The lowest BCUT2D eigenvalue weighted by atomic mass is 9.94. The number of aryl methyl sites for hydroxylation is 1. The number of anilines is 1. The van der Waals surface area contributed by atoms with Gasteiger partial charge in [0, 0.05) is 36.1 Å². The topological polar surface area (TPSA) is 62.7 Å². The molecular weight excluding hydrogens is 286 g/mol. The molecule has 0 spiro atoms. The standard InChI is InChI=1S/C18H25N5/c1-13(11-15-3-7-19-8-4-15)21-18-12-17(22-14(2)23-18)16-5-9-20-10-6-16/h3-4,7-8,12-13,16,20H,5-6,9-11H2,1-2H3,(H,21,22,23)/t13-/m0/s1. The minimum Gasteiger partial charge on any atom is -0.367 e. The molecule has 23 heavy (non-hydrogen) atoms. The van der Waals surface area contributed by atoms with Gasteiger partial charge in [0.15, 0.2) is 0 Å². The van der Waals surface area contributed by atoms with Gasteiger partial charge in [-0.15, -0.1) is 0 Å². The lowest BCUT2D eigenvalue weighted by molar-refractivity contribution is 0.452. The summed E-state index contributed by atoms with van der Waals surface area (Å²) >= 11 is 0. The molecule has 3 rings (SSSR count). The Morgan fingerprint density at radius 1 is 1.22 bits per heavy atom. The number of aromatic nitrogens is 3.